The molecule has 0 fully saturated rings. The molecular weight excluding hydrogens is 320 g/mol. The molecule has 3 rings (SSSR count). The maximum Gasteiger partial charge on any atom is 0.433 e. The van der Waals surface area contributed by atoms with Gasteiger partial charge in [0.05, 0.1) is 17.3 Å². The number of aromatic nitrogens is 3. The van der Waals surface area contributed by atoms with Gasteiger partial charge in [0.15, 0.2) is 0 Å². The molecule has 0 aliphatic carbocycles. The Morgan fingerprint density at radius 1 is 0.857 bits per heavy atom. The smallest absolute Gasteiger partial charge is 0.241 e. The first-order valence-corrected chi connectivity index (χ1v) is 6.11. The number of alkyl halides is 6. The predicted octanol–water partition coefficient (Wildman–Crippen LogP) is 4.28. The summed E-state index contributed by atoms with van der Waals surface area (Å²) in [6.45, 7) is 0. The lowest BCUT2D eigenvalue weighted by Gasteiger charge is -2.13. The number of halogens is 6. The second kappa shape index (κ2) is 4.26. The third-order valence-electron chi connectivity index (χ3n) is 2.80. The molecule has 0 saturated heterocycles. The fourth-order valence-electron chi connectivity index (χ4n) is 1.92. The van der Waals surface area contributed by atoms with Crippen molar-refractivity contribution in [1.82, 2.24) is 13.7 Å². The molecule has 3 nitrogen and oxygen atoms in total. The molecule has 2 aromatic heterocycles. The molecule has 0 spiro atoms. The molecule has 2 heterocycles. The van der Waals surface area contributed by atoms with Crippen LogP contribution in [0.2, 0.25) is 0 Å². The average Bonchev–Trinajstić information content (AvgIpc) is 2.83. The van der Waals surface area contributed by atoms with Crippen molar-refractivity contribution in [2.75, 3.05) is 0 Å². The molecule has 110 valence electrons. The van der Waals surface area contributed by atoms with Gasteiger partial charge in [-0.05, 0) is 18.2 Å². The number of hydrogen-bond acceptors (Lipinski definition) is 4. The van der Waals surface area contributed by atoms with Gasteiger partial charge < -0.3 is 0 Å². The minimum absolute atomic E-state index is 0.00790. The van der Waals surface area contributed by atoms with Crippen LogP contribution in [0.25, 0.3) is 21.9 Å². The van der Waals surface area contributed by atoms with Crippen LogP contribution in [-0.4, -0.2) is 13.7 Å². The summed E-state index contributed by atoms with van der Waals surface area (Å²) in [6.07, 6.45) is -9.92. The van der Waals surface area contributed by atoms with Gasteiger partial charge in [0.2, 0.25) is 0 Å². The van der Waals surface area contributed by atoms with Gasteiger partial charge >= 0.3 is 12.4 Å². The molecule has 0 aliphatic rings. The van der Waals surface area contributed by atoms with Gasteiger partial charge in [0.1, 0.15) is 22.2 Å². The molecule has 3 aromatic rings. The first-order valence-electron chi connectivity index (χ1n) is 5.38. The number of hydrogen-bond donors (Lipinski definition) is 0. The molecule has 0 aliphatic heterocycles. The van der Waals surface area contributed by atoms with Crippen molar-refractivity contribution in [3.8, 4) is 0 Å². The van der Waals surface area contributed by atoms with Crippen LogP contribution in [0, 0.1) is 0 Å². The molecule has 0 amide bonds. The topological polar surface area (TPSA) is 38.7 Å². The molecule has 0 N–H and O–H groups in total. The highest BCUT2D eigenvalue weighted by Crippen LogP contribution is 2.39. The second-order valence-corrected chi connectivity index (χ2v) is 4.67. The number of nitrogens with zero attached hydrogens (tertiary/aromatic N) is 3. The third kappa shape index (κ3) is 2.28. The quantitative estimate of drug-likeness (QED) is 0.580. The summed E-state index contributed by atoms with van der Waals surface area (Å²) < 4.78 is 84.7. The summed E-state index contributed by atoms with van der Waals surface area (Å²) in [6, 6.07) is 2.33. The summed E-state index contributed by atoms with van der Waals surface area (Å²) >= 11 is 0.692. The van der Waals surface area contributed by atoms with E-state index in [0.717, 1.165) is 6.07 Å². The van der Waals surface area contributed by atoms with Crippen molar-refractivity contribution in [2.24, 2.45) is 0 Å². The van der Waals surface area contributed by atoms with Crippen LogP contribution in [0.15, 0.2) is 18.2 Å². The maximum atomic E-state index is 13.0. The van der Waals surface area contributed by atoms with E-state index in [4.69, 9.17) is 0 Å². The summed E-state index contributed by atoms with van der Waals surface area (Å²) in [5.41, 5.74) is -3.33. The second-order valence-electron chi connectivity index (χ2n) is 4.14. The minimum Gasteiger partial charge on any atom is -0.241 e. The van der Waals surface area contributed by atoms with Crippen LogP contribution >= 0.6 is 11.7 Å². The molecule has 0 atom stereocenters. The molecule has 0 saturated carbocycles. The highest BCUT2D eigenvalue weighted by Gasteiger charge is 2.39. The molecule has 10 heteroatoms. The van der Waals surface area contributed by atoms with Gasteiger partial charge in [0.25, 0.3) is 0 Å². The Morgan fingerprint density at radius 2 is 1.57 bits per heavy atom. The van der Waals surface area contributed by atoms with E-state index in [1.54, 1.807) is 0 Å². The summed E-state index contributed by atoms with van der Waals surface area (Å²) in [5.74, 6) is 0. The summed E-state index contributed by atoms with van der Waals surface area (Å²) in [4.78, 5) is 3.30. The standard InChI is InChI=1S/C11H3F6N3S/c12-10(13,14)5-3-7(11(15,16)17)18-8-4(5)1-2-6-9(8)20-21-19-6/h1-3H. The normalized spacial score (nSPS) is 13.2. The SMILES string of the molecule is FC(F)(F)c1cc(C(F)(F)F)c2ccc3nsnc3c2n1. The highest BCUT2D eigenvalue weighted by atomic mass is 32.1. The Bertz CT molecular complexity index is 835. The van der Waals surface area contributed by atoms with Gasteiger partial charge in [-0.25, -0.2) is 4.98 Å². The van der Waals surface area contributed by atoms with Gasteiger partial charge in [-0.1, -0.05) is 0 Å². The van der Waals surface area contributed by atoms with Crippen LogP contribution in [0.1, 0.15) is 11.3 Å². The van der Waals surface area contributed by atoms with E-state index in [1.807, 2.05) is 0 Å². The highest BCUT2D eigenvalue weighted by molar-refractivity contribution is 7.00. The van der Waals surface area contributed by atoms with Gasteiger partial charge in [-0.15, -0.1) is 0 Å². The maximum absolute atomic E-state index is 13.0. The number of fused-ring (bicyclic) bond motifs is 3. The summed E-state index contributed by atoms with van der Waals surface area (Å²) in [7, 11) is 0. The Hall–Kier alpha value is -1.97. The fraction of sp³-hybridized carbons (Fsp3) is 0.182. The fourth-order valence-corrected chi connectivity index (χ4v) is 2.45. The van der Waals surface area contributed by atoms with Crippen molar-refractivity contribution in [3.63, 3.8) is 0 Å². The largest absolute Gasteiger partial charge is 0.433 e. The monoisotopic (exact) mass is 323 g/mol. The van der Waals surface area contributed by atoms with E-state index >= 15 is 0 Å². The van der Waals surface area contributed by atoms with Crippen LogP contribution in [0.4, 0.5) is 26.3 Å². The zero-order valence-electron chi connectivity index (χ0n) is 9.75. The van der Waals surface area contributed by atoms with Crippen molar-refractivity contribution in [2.45, 2.75) is 12.4 Å². The van der Waals surface area contributed by atoms with Crippen LogP contribution < -0.4 is 0 Å². The molecule has 1 aromatic carbocycles. The van der Waals surface area contributed by atoms with Crippen molar-refractivity contribution in [3.05, 3.63) is 29.5 Å². The van der Waals surface area contributed by atoms with Crippen molar-refractivity contribution < 1.29 is 26.3 Å². The van der Waals surface area contributed by atoms with E-state index in [0.29, 0.717) is 11.7 Å². The number of rotatable bonds is 0. The Balaban J connectivity index is 2.49. The third-order valence-corrected chi connectivity index (χ3v) is 3.34. The average molecular weight is 323 g/mol. The lowest BCUT2D eigenvalue weighted by molar-refractivity contribution is -0.144. The zero-order valence-corrected chi connectivity index (χ0v) is 10.6. The minimum atomic E-state index is -4.99. The van der Waals surface area contributed by atoms with Crippen molar-refractivity contribution in [1.29, 1.82) is 0 Å². The molecule has 0 radical (unpaired) electrons. The Labute approximate surface area is 116 Å². The first-order chi connectivity index (χ1) is 9.68. The van der Waals surface area contributed by atoms with Gasteiger partial charge in [-0.3, -0.25) is 0 Å². The molecule has 0 unspecified atom stereocenters. The summed E-state index contributed by atoms with van der Waals surface area (Å²) in [5, 5.41) is -0.435. The molecule has 21 heavy (non-hydrogen) atoms. The number of pyridine rings is 1. The Kier molecular flexibility index (Phi) is 2.84. The van der Waals surface area contributed by atoms with E-state index in [1.165, 1.54) is 6.07 Å². The van der Waals surface area contributed by atoms with Gasteiger partial charge in [-0.2, -0.15) is 35.1 Å². The van der Waals surface area contributed by atoms with E-state index in [-0.39, 0.29) is 17.1 Å². The first kappa shape index (κ1) is 14.0. The van der Waals surface area contributed by atoms with Crippen LogP contribution in [0.5, 0.6) is 0 Å². The lowest BCUT2D eigenvalue weighted by Crippen LogP contribution is -2.13. The van der Waals surface area contributed by atoms with Crippen LogP contribution in [-0.2, 0) is 12.4 Å². The van der Waals surface area contributed by atoms with Crippen LogP contribution in [0.3, 0.4) is 0 Å². The van der Waals surface area contributed by atoms with E-state index in [2.05, 4.69) is 13.7 Å². The Morgan fingerprint density at radius 3 is 2.19 bits per heavy atom. The zero-order chi connectivity index (χ0) is 15.4. The number of benzene rings is 1. The molecular formula is C11H3F6N3S. The van der Waals surface area contributed by atoms with Gasteiger partial charge in [0, 0.05) is 5.39 Å². The lowest BCUT2D eigenvalue weighted by atomic mass is 10.1. The van der Waals surface area contributed by atoms with E-state index < -0.39 is 34.5 Å². The molecule has 0 bridgehead atoms. The predicted molar refractivity (Wildman–Crippen MR) is 62.7 cm³/mol. The van der Waals surface area contributed by atoms with E-state index in [9.17, 15) is 26.3 Å². The van der Waals surface area contributed by atoms with Crippen molar-refractivity contribution >= 4 is 33.7 Å².